The van der Waals surface area contributed by atoms with Crippen molar-refractivity contribution in [1.82, 2.24) is 4.90 Å². The van der Waals surface area contributed by atoms with E-state index >= 15 is 0 Å². The number of hydrogen-bond donors (Lipinski definition) is 1. The van der Waals surface area contributed by atoms with E-state index in [0.717, 1.165) is 12.3 Å². The third-order valence-electron chi connectivity index (χ3n) is 4.93. The predicted molar refractivity (Wildman–Crippen MR) is 71.9 cm³/mol. The molecule has 0 aromatic heterocycles. The van der Waals surface area contributed by atoms with Crippen LogP contribution in [0.2, 0.25) is 0 Å². The highest BCUT2D eigenvalue weighted by Crippen LogP contribution is 2.33. The fraction of sp³-hybridized carbons (Fsp3) is 1.00. The monoisotopic (exact) mass is 239 g/mol. The molecule has 2 aliphatic rings. The van der Waals surface area contributed by atoms with Crippen molar-refractivity contribution >= 4 is 0 Å². The van der Waals surface area contributed by atoms with E-state index in [2.05, 4.69) is 25.8 Å². The zero-order valence-corrected chi connectivity index (χ0v) is 11.7. The van der Waals surface area contributed by atoms with Crippen LogP contribution in [-0.4, -0.2) is 35.7 Å². The van der Waals surface area contributed by atoms with E-state index in [-0.39, 0.29) is 6.10 Å². The summed E-state index contributed by atoms with van der Waals surface area (Å²) in [5.41, 5.74) is 0. The fourth-order valence-electron chi connectivity index (χ4n) is 4.25. The van der Waals surface area contributed by atoms with Crippen LogP contribution in [0.4, 0.5) is 0 Å². The Morgan fingerprint density at radius 1 is 1.12 bits per heavy atom. The summed E-state index contributed by atoms with van der Waals surface area (Å²) in [6, 6.07) is 0.395. The highest BCUT2D eigenvalue weighted by atomic mass is 16.3. The highest BCUT2D eigenvalue weighted by molar-refractivity contribution is 4.89. The highest BCUT2D eigenvalue weighted by Gasteiger charge is 2.36. The second-order valence-electron chi connectivity index (χ2n) is 6.70. The lowest BCUT2D eigenvalue weighted by Gasteiger charge is -2.43. The molecule has 2 aliphatic carbocycles. The van der Waals surface area contributed by atoms with Gasteiger partial charge in [0.1, 0.15) is 0 Å². The topological polar surface area (TPSA) is 23.5 Å². The SMILES string of the molecule is CC1CC(C)C(N(C)CC2CCCC2)C(O)C1. The van der Waals surface area contributed by atoms with E-state index in [1.54, 1.807) is 0 Å². The third-order valence-corrected chi connectivity index (χ3v) is 4.93. The minimum Gasteiger partial charge on any atom is -0.391 e. The van der Waals surface area contributed by atoms with Crippen molar-refractivity contribution in [2.75, 3.05) is 13.6 Å². The van der Waals surface area contributed by atoms with Crippen LogP contribution in [0.3, 0.4) is 0 Å². The van der Waals surface area contributed by atoms with E-state index < -0.39 is 0 Å². The number of aliphatic hydroxyl groups excluding tert-OH is 1. The lowest BCUT2D eigenvalue weighted by molar-refractivity contribution is -0.0187. The summed E-state index contributed by atoms with van der Waals surface area (Å²) in [5.74, 6) is 2.22. The van der Waals surface area contributed by atoms with Gasteiger partial charge in [-0.15, -0.1) is 0 Å². The van der Waals surface area contributed by atoms with Crippen LogP contribution in [0, 0.1) is 17.8 Å². The van der Waals surface area contributed by atoms with Gasteiger partial charge in [-0.25, -0.2) is 0 Å². The molecule has 0 aromatic carbocycles. The van der Waals surface area contributed by atoms with Gasteiger partial charge in [0, 0.05) is 12.6 Å². The van der Waals surface area contributed by atoms with Crippen LogP contribution in [-0.2, 0) is 0 Å². The standard InChI is InChI=1S/C15H29NO/c1-11-8-12(2)15(14(17)9-11)16(3)10-13-6-4-5-7-13/h11-15,17H,4-10H2,1-3H3. The van der Waals surface area contributed by atoms with Crippen molar-refractivity contribution in [1.29, 1.82) is 0 Å². The molecule has 0 aliphatic heterocycles. The molecule has 2 rings (SSSR count). The van der Waals surface area contributed by atoms with Crippen LogP contribution in [0.15, 0.2) is 0 Å². The van der Waals surface area contributed by atoms with Gasteiger partial charge in [0.25, 0.3) is 0 Å². The summed E-state index contributed by atoms with van der Waals surface area (Å²) in [6.07, 6.45) is 7.79. The molecule has 2 nitrogen and oxygen atoms in total. The molecule has 100 valence electrons. The quantitative estimate of drug-likeness (QED) is 0.818. The van der Waals surface area contributed by atoms with Crippen molar-refractivity contribution in [3.63, 3.8) is 0 Å². The molecule has 0 spiro atoms. The first-order valence-electron chi connectivity index (χ1n) is 7.46. The van der Waals surface area contributed by atoms with E-state index in [0.29, 0.717) is 17.9 Å². The fourth-order valence-corrected chi connectivity index (χ4v) is 4.25. The first-order chi connectivity index (χ1) is 8.08. The molecule has 2 fully saturated rings. The minimum atomic E-state index is -0.111. The molecule has 2 heteroatoms. The van der Waals surface area contributed by atoms with Gasteiger partial charge in [0.15, 0.2) is 0 Å². The number of hydrogen-bond acceptors (Lipinski definition) is 2. The Labute approximate surface area is 106 Å². The summed E-state index contributed by atoms with van der Waals surface area (Å²) < 4.78 is 0. The second kappa shape index (κ2) is 5.71. The summed E-state index contributed by atoms with van der Waals surface area (Å²) in [5, 5.41) is 10.3. The molecule has 0 amide bonds. The zero-order chi connectivity index (χ0) is 12.4. The maximum absolute atomic E-state index is 10.3. The average molecular weight is 239 g/mol. The maximum atomic E-state index is 10.3. The van der Waals surface area contributed by atoms with Crippen molar-refractivity contribution in [2.45, 2.75) is 64.5 Å². The lowest BCUT2D eigenvalue weighted by atomic mass is 9.77. The maximum Gasteiger partial charge on any atom is 0.0700 e. The van der Waals surface area contributed by atoms with Gasteiger partial charge in [0.05, 0.1) is 6.10 Å². The molecule has 0 radical (unpaired) electrons. The smallest absolute Gasteiger partial charge is 0.0700 e. The molecule has 17 heavy (non-hydrogen) atoms. The summed E-state index contributed by atoms with van der Waals surface area (Å²) >= 11 is 0. The lowest BCUT2D eigenvalue weighted by Crippen LogP contribution is -2.50. The summed E-state index contributed by atoms with van der Waals surface area (Å²) in [4.78, 5) is 2.46. The van der Waals surface area contributed by atoms with Crippen LogP contribution < -0.4 is 0 Å². The van der Waals surface area contributed by atoms with Gasteiger partial charge in [-0.05, 0) is 50.5 Å². The van der Waals surface area contributed by atoms with Crippen molar-refractivity contribution in [2.24, 2.45) is 17.8 Å². The third kappa shape index (κ3) is 3.23. The van der Waals surface area contributed by atoms with Crippen molar-refractivity contribution in [3.8, 4) is 0 Å². The molecule has 1 N–H and O–H groups in total. The Morgan fingerprint density at radius 2 is 1.76 bits per heavy atom. The van der Waals surface area contributed by atoms with E-state index in [4.69, 9.17) is 0 Å². The molecule has 4 unspecified atom stereocenters. The van der Waals surface area contributed by atoms with Gasteiger partial charge < -0.3 is 10.0 Å². The normalized spacial score (nSPS) is 40.1. The molecular formula is C15H29NO. The van der Waals surface area contributed by atoms with Crippen LogP contribution in [0.25, 0.3) is 0 Å². The predicted octanol–water partition coefficient (Wildman–Crippen LogP) is 2.90. The second-order valence-corrected chi connectivity index (χ2v) is 6.70. The van der Waals surface area contributed by atoms with E-state index in [1.807, 2.05) is 0 Å². The van der Waals surface area contributed by atoms with Gasteiger partial charge >= 0.3 is 0 Å². The molecular weight excluding hydrogens is 210 g/mol. The molecule has 4 atom stereocenters. The Morgan fingerprint density at radius 3 is 2.35 bits per heavy atom. The van der Waals surface area contributed by atoms with Crippen LogP contribution in [0.5, 0.6) is 0 Å². The van der Waals surface area contributed by atoms with E-state index in [9.17, 15) is 5.11 Å². The average Bonchev–Trinajstić information content (AvgIpc) is 2.68. The van der Waals surface area contributed by atoms with Crippen molar-refractivity contribution in [3.05, 3.63) is 0 Å². The number of likely N-dealkylation sites (N-methyl/N-ethyl adjacent to an activating group) is 1. The number of nitrogens with zero attached hydrogens (tertiary/aromatic N) is 1. The number of aliphatic hydroxyl groups is 1. The van der Waals surface area contributed by atoms with E-state index in [1.165, 1.54) is 38.6 Å². The van der Waals surface area contributed by atoms with Gasteiger partial charge in [-0.1, -0.05) is 26.7 Å². The molecule has 2 saturated carbocycles. The molecule has 0 heterocycles. The van der Waals surface area contributed by atoms with Gasteiger partial charge in [-0.2, -0.15) is 0 Å². The molecule has 0 saturated heterocycles. The minimum absolute atomic E-state index is 0.111. The summed E-state index contributed by atoms with van der Waals surface area (Å²) in [6.45, 7) is 5.78. The Bertz CT molecular complexity index is 225. The first-order valence-corrected chi connectivity index (χ1v) is 7.46. The number of rotatable bonds is 3. The van der Waals surface area contributed by atoms with Crippen LogP contribution >= 0.6 is 0 Å². The van der Waals surface area contributed by atoms with Crippen molar-refractivity contribution < 1.29 is 5.11 Å². The summed E-state index contributed by atoms with van der Waals surface area (Å²) in [7, 11) is 2.22. The zero-order valence-electron chi connectivity index (χ0n) is 11.7. The van der Waals surface area contributed by atoms with Gasteiger partial charge in [0.2, 0.25) is 0 Å². The molecule has 0 bridgehead atoms. The largest absolute Gasteiger partial charge is 0.391 e. The van der Waals surface area contributed by atoms with Crippen LogP contribution in [0.1, 0.15) is 52.4 Å². The Balaban J connectivity index is 1.90. The Hall–Kier alpha value is -0.0800. The first kappa shape index (κ1) is 13.4. The van der Waals surface area contributed by atoms with Gasteiger partial charge in [-0.3, -0.25) is 0 Å². The Kier molecular flexibility index (Phi) is 4.48. The molecule has 0 aromatic rings.